The van der Waals surface area contributed by atoms with Crippen molar-refractivity contribution in [3.63, 3.8) is 0 Å². The first-order valence-electron chi connectivity index (χ1n) is 7.16. The zero-order valence-corrected chi connectivity index (χ0v) is 12.5. The molecule has 0 amide bonds. The lowest BCUT2D eigenvalue weighted by molar-refractivity contribution is 0.244. The lowest BCUT2D eigenvalue weighted by atomic mass is 10.2. The normalized spacial score (nSPS) is 19.0. The van der Waals surface area contributed by atoms with Crippen LogP contribution in [0.25, 0.3) is 11.5 Å². The second-order valence-electron chi connectivity index (χ2n) is 5.15. The van der Waals surface area contributed by atoms with Crippen LogP contribution in [0, 0.1) is 0 Å². The SMILES string of the molecule is CCN(Cc1noc(-c2ccsc2)n1)CC1CCCN1. The minimum absolute atomic E-state index is 0.609. The van der Waals surface area contributed by atoms with Gasteiger partial charge in [0.2, 0.25) is 0 Å². The second kappa shape index (κ2) is 6.47. The summed E-state index contributed by atoms with van der Waals surface area (Å²) in [5.41, 5.74) is 1.01. The first-order valence-corrected chi connectivity index (χ1v) is 8.10. The van der Waals surface area contributed by atoms with Crippen LogP contribution in [0.3, 0.4) is 0 Å². The average molecular weight is 292 g/mol. The van der Waals surface area contributed by atoms with Crippen LogP contribution in [-0.4, -0.2) is 40.7 Å². The van der Waals surface area contributed by atoms with Gasteiger partial charge in [0, 0.05) is 18.0 Å². The molecule has 1 aliphatic rings. The van der Waals surface area contributed by atoms with E-state index in [1.54, 1.807) is 11.3 Å². The summed E-state index contributed by atoms with van der Waals surface area (Å²) in [7, 11) is 0. The van der Waals surface area contributed by atoms with Gasteiger partial charge >= 0.3 is 0 Å². The minimum atomic E-state index is 0.609. The summed E-state index contributed by atoms with van der Waals surface area (Å²) in [4.78, 5) is 6.85. The maximum atomic E-state index is 5.33. The standard InChI is InChI=1S/C14H20N4OS/c1-2-18(8-12-4-3-6-15-12)9-13-16-14(19-17-13)11-5-7-20-10-11/h5,7,10,12,15H,2-4,6,8-9H2,1H3. The first kappa shape index (κ1) is 13.7. The lowest BCUT2D eigenvalue weighted by Crippen LogP contribution is -2.37. The van der Waals surface area contributed by atoms with Crippen LogP contribution in [-0.2, 0) is 6.54 Å². The van der Waals surface area contributed by atoms with Gasteiger partial charge in [-0.25, -0.2) is 0 Å². The Bertz CT molecular complexity index is 519. The number of rotatable bonds is 6. The fraction of sp³-hybridized carbons (Fsp3) is 0.571. The van der Waals surface area contributed by atoms with Gasteiger partial charge in [0.15, 0.2) is 5.82 Å². The highest BCUT2D eigenvalue weighted by atomic mass is 32.1. The summed E-state index contributed by atoms with van der Waals surface area (Å²) in [6.45, 7) is 6.13. The largest absolute Gasteiger partial charge is 0.334 e. The fourth-order valence-corrected chi connectivity index (χ4v) is 3.18. The van der Waals surface area contributed by atoms with E-state index in [0.29, 0.717) is 11.9 Å². The van der Waals surface area contributed by atoms with Crippen molar-refractivity contribution in [3.05, 3.63) is 22.7 Å². The van der Waals surface area contributed by atoms with Crippen LogP contribution in [0.1, 0.15) is 25.6 Å². The third kappa shape index (κ3) is 3.26. The highest BCUT2D eigenvalue weighted by Gasteiger charge is 2.19. The van der Waals surface area contributed by atoms with E-state index in [2.05, 4.69) is 27.3 Å². The molecule has 3 heterocycles. The fourth-order valence-electron chi connectivity index (χ4n) is 2.55. The lowest BCUT2D eigenvalue weighted by Gasteiger charge is -2.22. The quantitative estimate of drug-likeness (QED) is 0.886. The molecule has 1 aliphatic heterocycles. The van der Waals surface area contributed by atoms with Gasteiger partial charge in [0.05, 0.1) is 12.1 Å². The van der Waals surface area contributed by atoms with Gasteiger partial charge < -0.3 is 9.84 Å². The molecule has 2 aromatic heterocycles. The van der Waals surface area contributed by atoms with Crippen molar-refractivity contribution in [1.82, 2.24) is 20.4 Å². The van der Waals surface area contributed by atoms with Gasteiger partial charge in [-0.3, -0.25) is 4.90 Å². The minimum Gasteiger partial charge on any atom is -0.334 e. The molecule has 0 radical (unpaired) electrons. The van der Waals surface area contributed by atoms with Crippen molar-refractivity contribution < 1.29 is 4.52 Å². The van der Waals surface area contributed by atoms with E-state index in [9.17, 15) is 0 Å². The number of thiophene rings is 1. The highest BCUT2D eigenvalue weighted by Crippen LogP contribution is 2.20. The van der Waals surface area contributed by atoms with Crippen LogP contribution >= 0.6 is 11.3 Å². The molecule has 1 N–H and O–H groups in total. The van der Waals surface area contributed by atoms with E-state index in [0.717, 1.165) is 37.6 Å². The van der Waals surface area contributed by atoms with E-state index in [-0.39, 0.29) is 0 Å². The molecule has 6 heteroatoms. The van der Waals surface area contributed by atoms with Crippen LogP contribution in [0.4, 0.5) is 0 Å². The molecule has 0 aliphatic carbocycles. The Morgan fingerprint density at radius 2 is 2.50 bits per heavy atom. The summed E-state index contributed by atoms with van der Waals surface area (Å²) in [6, 6.07) is 2.61. The number of aromatic nitrogens is 2. The van der Waals surface area contributed by atoms with Gasteiger partial charge in [-0.15, -0.1) is 0 Å². The van der Waals surface area contributed by atoms with E-state index in [1.165, 1.54) is 12.8 Å². The molecule has 3 rings (SSSR count). The van der Waals surface area contributed by atoms with Crippen molar-refractivity contribution in [2.24, 2.45) is 0 Å². The van der Waals surface area contributed by atoms with E-state index in [1.807, 2.05) is 16.8 Å². The smallest absolute Gasteiger partial charge is 0.258 e. The molecule has 1 fully saturated rings. The molecule has 20 heavy (non-hydrogen) atoms. The zero-order chi connectivity index (χ0) is 13.8. The van der Waals surface area contributed by atoms with Crippen molar-refractivity contribution in [2.75, 3.05) is 19.6 Å². The number of nitrogens with one attached hydrogen (secondary N) is 1. The number of hydrogen-bond acceptors (Lipinski definition) is 6. The number of nitrogens with zero attached hydrogens (tertiary/aromatic N) is 3. The van der Waals surface area contributed by atoms with Gasteiger partial charge in [-0.05, 0) is 37.4 Å². The Morgan fingerprint density at radius 3 is 3.20 bits per heavy atom. The molecule has 0 saturated carbocycles. The van der Waals surface area contributed by atoms with Crippen molar-refractivity contribution in [2.45, 2.75) is 32.4 Å². The van der Waals surface area contributed by atoms with Gasteiger partial charge in [0.25, 0.3) is 5.89 Å². The Labute approximate surface area is 123 Å². The summed E-state index contributed by atoms with van der Waals surface area (Å²) >= 11 is 1.64. The van der Waals surface area contributed by atoms with Gasteiger partial charge in [-0.1, -0.05) is 12.1 Å². The molecule has 108 valence electrons. The van der Waals surface area contributed by atoms with Crippen molar-refractivity contribution >= 4 is 11.3 Å². The Hall–Kier alpha value is -1.24. The topological polar surface area (TPSA) is 54.2 Å². The van der Waals surface area contributed by atoms with Crippen LogP contribution in [0.15, 0.2) is 21.3 Å². The third-order valence-corrected chi connectivity index (χ3v) is 4.37. The highest BCUT2D eigenvalue weighted by molar-refractivity contribution is 7.08. The third-order valence-electron chi connectivity index (χ3n) is 3.69. The maximum absolute atomic E-state index is 5.33. The van der Waals surface area contributed by atoms with Gasteiger partial charge in [0.1, 0.15) is 0 Å². The van der Waals surface area contributed by atoms with Crippen LogP contribution < -0.4 is 5.32 Å². The van der Waals surface area contributed by atoms with E-state index in [4.69, 9.17) is 4.52 Å². The van der Waals surface area contributed by atoms with E-state index < -0.39 is 0 Å². The first-order chi connectivity index (χ1) is 9.85. The molecule has 2 aromatic rings. The summed E-state index contributed by atoms with van der Waals surface area (Å²) in [5.74, 6) is 1.39. The molecular weight excluding hydrogens is 272 g/mol. The molecule has 1 atom stereocenters. The van der Waals surface area contributed by atoms with Crippen molar-refractivity contribution in [1.29, 1.82) is 0 Å². The Morgan fingerprint density at radius 1 is 1.55 bits per heavy atom. The number of likely N-dealkylation sites (N-methyl/N-ethyl adjacent to an activating group) is 1. The number of hydrogen-bond donors (Lipinski definition) is 1. The summed E-state index contributed by atoms with van der Waals surface area (Å²) < 4.78 is 5.33. The molecule has 0 bridgehead atoms. The average Bonchev–Trinajstić information content (AvgIpc) is 3.20. The predicted octanol–water partition coefficient (Wildman–Crippen LogP) is 2.37. The predicted molar refractivity (Wildman–Crippen MR) is 79.6 cm³/mol. The molecule has 1 unspecified atom stereocenters. The van der Waals surface area contributed by atoms with Crippen LogP contribution in [0.2, 0.25) is 0 Å². The Balaban J connectivity index is 1.60. The summed E-state index contributed by atoms with van der Waals surface area (Å²) in [5, 5.41) is 11.7. The van der Waals surface area contributed by atoms with E-state index >= 15 is 0 Å². The second-order valence-corrected chi connectivity index (χ2v) is 5.93. The molecule has 0 aromatic carbocycles. The molecule has 0 spiro atoms. The summed E-state index contributed by atoms with van der Waals surface area (Å²) in [6.07, 6.45) is 2.55. The molecule has 1 saturated heterocycles. The molecular formula is C14H20N4OS. The van der Waals surface area contributed by atoms with Gasteiger partial charge in [-0.2, -0.15) is 16.3 Å². The van der Waals surface area contributed by atoms with Crippen LogP contribution in [0.5, 0.6) is 0 Å². The van der Waals surface area contributed by atoms with Crippen molar-refractivity contribution in [3.8, 4) is 11.5 Å². The molecule has 5 nitrogen and oxygen atoms in total. The zero-order valence-electron chi connectivity index (χ0n) is 11.7. The maximum Gasteiger partial charge on any atom is 0.258 e. The monoisotopic (exact) mass is 292 g/mol. The Kier molecular flexibility index (Phi) is 4.44.